The van der Waals surface area contributed by atoms with E-state index in [1.165, 1.54) is 14.2 Å². The van der Waals surface area contributed by atoms with E-state index in [1.807, 2.05) is 0 Å². The van der Waals surface area contributed by atoms with E-state index in [1.54, 1.807) is 48.6 Å². The first-order valence-corrected chi connectivity index (χ1v) is 5.29. The van der Waals surface area contributed by atoms with Gasteiger partial charge in [0.2, 0.25) is 0 Å². The average Bonchev–Trinajstić information content (AvgIpc) is 3.09. The van der Waals surface area contributed by atoms with Crippen LogP contribution in [0, 0.1) is 0 Å². The van der Waals surface area contributed by atoms with Gasteiger partial charge in [-0.15, -0.1) is 0 Å². The maximum atomic E-state index is 10.7. The summed E-state index contributed by atoms with van der Waals surface area (Å²) in [5.41, 5.74) is 1.22. The van der Waals surface area contributed by atoms with E-state index in [9.17, 15) is 10.2 Å². The predicted molar refractivity (Wildman–Crippen MR) is 64.6 cm³/mol. The molecule has 0 bridgehead atoms. The minimum atomic E-state index is -0.278. The van der Waals surface area contributed by atoms with Crippen molar-refractivity contribution in [2.75, 3.05) is 14.2 Å². The molecule has 2 aliphatic carbocycles. The Labute approximate surface area is 123 Å². The topological polar surface area (TPSA) is 64.6 Å². The number of rotatable bonds is 2. The summed E-state index contributed by atoms with van der Waals surface area (Å²) in [7, 11) is 2.74. The monoisotopic (exact) mass is 302 g/mol. The van der Waals surface area contributed by atoms with Crippen molar-refractivity contribution < 1.29 is 36.8 Å². The van der Waals surface area contributed by atoms with Crippen molar-refractivity contribution >= 4 is 0 Å². The molecule has 0 saturated heterocycles. The maximum Gasteiger partial charge on any atom is 0.0584 e. The summed E-state index contributed by atoms with van der Waals surface area (Å²) >= 11 is 0. The third-order valence-corrected chi connectivity index (χ3v) is 2.17. The van der Waals surface area contributed by atoms with Gasteiger partial charge in [0.15, 0.2) is 0 Å². The van der Waals surface area contributed by atoms with Gasteiger partial charge in [-0.2, -0.15) is 0 Å². The van der Waals surface area contributed by atoms with E-state index in [-0.39, 0.29) is 29.0 Å². The van der Waals surface area contributed by atoms with Gasteiger partial charge in [0.1, 0.15) is 0 Å². The van der Waals surface area contributed by atoms with Gasteiger partial charge in [-0.05, 0) is 25.4 Å². The Bertz CT molecular complexity index is 396. The van der Waals surface area contributed by atoms with Gasteiger partial charge in [-0.1, -0.05) is 48.6 Å². The van der Waals surface area contributed by atoms with E-state index in [0.29, 0.717) is 11.1 Å². The van der Waals surface area contributed by atoms with E-state index < -0.39 is 0 Å². The van der Waals surface area contributed by atoms with Crippen LogP contribution in [0.2, 0.25) is 0 Å². The fourth-order valence-electron chi connectivity index (χ4n) is 1.26. The van der Waals surface area contributed by atoms with E-state index in [4.69, 9.17) is 0 Å². The van der Waals surface area contributed by atoms with Crippen molar-refractivity contribution in [3.8, 4) is 0 Å². The van der Waals surface area contributed by atoms with Crippen LogP contribution < -0.4 is 10.2 Å². The normalized spacial score (nSPS) is 13.8. The van der Waals surface area contributed by atoms with Crippen LogP contribution in [0.15, 0.2) is 71.6 Å². The fraction of sp³-hybridized carbons (Fsp3) is 0.143. The molecule has 0 fully saturated rings. The predicted octanol–water partition coefficient (Wildman–Crippen LogP) is 0.659. The van der Waals surface area contributed by atoms with Gasteiger partial charge in [-0.25, -0.2) is 0 Å². The van der Waals surface area contributed by atoms with Crippen LogP contribution in [-0.4, -0.2) is 14.2 Å². The Balaban J connectivity index is 0.000000324. The zero-order valence-corrected chi connectivity index (χ0v) is 11.7. The third kappa shape index (κ3) is 5.55. The van der Waals surface area contributed by atoms with Crippen molar-refractivity contribution in [3.63, 3.8) is 0 Å². The molecule has 0 heterocycles. The van der Waals surface area contributed by atoms with Gasteiger partial charge in [0.25, 0.3) is 0 Å². The van der Waals surface area contributed by atoms with E-state index in [2.05, 4.69) is 9.47 Å². The van der Waals surface area contributed by atoms with Gasteiger partial charge in [0.05, 0.1) is 11.9 Å². The number of methoxy groups -OCH3 is 2. The van der Waals surface area contributed by atoms with Crippen molar-refractivity contribution in [1.29, 1.82) is 0 Å². The molecule has 19 heavy (non-hydrogen) atoms. The molecule has 0 N–H and O–H groups in total. The minimum absolute atomic E-state index is 0. The van der Waals surface area contributed by atoms with Gasteiger partial charge < -0.3 is 19.7 Å². The summed E-state index contributed by atoms with van der Waals surface area (Å²) in [6.45, 7) is 0. The molecule has 0 aromatic heterocycles. The summed E-state index contributed by atoms with van der Waals surface area (Å²) in [5, 5.41) is 21.3. The van der Waals surface area contributed by atoms with Crippen molar-refractivity contribution in [1.82, 2.24) is 0 Å². The Morgan fingerprint density at radius 3 is 1.21 bits per heavy atom. The molecule has 0 saturated carbocycles. The third-order valence-electron chi connectivity index (χ3n) is 2.17. The molecule has 2 rings (SSSR count). The molecule has 5 heteroatoms. The Hall–Kier alpha value is -1.84. The Morgan fingerprint density at radius 2 is 1.00 bits per heavy atom. The molecule has 2 aliphatic rings. The zero-order chi connectivity index (χ0) is 13.4. The minimum Gasteiger partial charge on any atom is -0.616 e. The summed E-state index contributed by atoms with van der Waals surface area (Å²) in [6.07, 6.45) is 14.0. The summed E-state index contributed by atoms with van der Waals surface area (Å²) in [5.74, 6) is -0.556. The van der Waals surface area contributed by atoms with Crippen LogP contribution in [-0.2, 0) is 26.5 Å². The molecule has 0 aromatic carbocycles. The fourth-order valence-corrected chi connectivity index (χ4v) is 1.26. The molecule has 0 unspecified atom stereocenters. The van der Waals surface area contributed by atoms with E-state index in [0.717, 1.165) is 0 Å². The van der Waals surface area contributed by atoms with Crippen LogP contribution in [0.4, 0.5) is 0 Å². The van der Waals surface area contributed by atoms with Crippen LogP contribution in [0.3, 0.4) is 0 Å². The first-order valence-electron chi connectivity index (χ1n) is 5.29. The van der Waals surface area contributed by atoms with Gasteiger partial charge in [-0.3, -0.25) is 0 Å². The summed E-state index contributed by atoms with van der Waals surface area (Å²) in [4.78, 5) is 0. The Morgan fingerprint density at radius 1 is 0.737 bits per heavy atom. The summed E-state index contributed by atoms with van der Waals surface area (Å²) in [6, 6.07) is 0. The molecule has 0 atom stereocenters. The van der Waals surface area contributed by atoms with Crippen LogP contribution in [0.1, 0.15) is 0 Å². The van der Waals surface area contributed by atoms with Crippen molar-refractivity contribution in [2.24, 2.45) is 0 Å². The Kier molecular flexibility index (Phi) is 8.25. The van der Waals surface area contributed by atoms with Crippen molar-refractivity contribution in [2.45, 2.75) is 0 Å². The number of allylic oxidation sites excluding steroid dienone is 10. The molecule has 0 spiro atoms. The molecular formula is C14H14FeO4-2. The molecule has 0 radical (unpaired) electrons. The smallest absolute Gasteiger partial charge is 0.0584 e. The largest absolute Gasteiger partial charge is 0.616 e. The first-order chi connectivity index (χ1) is 8.69. The molecule has 0 amide bonds. The van der Waals surface area contributed by atoms with Crippen LogP contribution in [0.25, 0.3) is 0 Å². The SMILES string of the molecule is COC([O-])=C1C=CC=C1.COC([O-])=C1C=CC=C1.[Fe]. The first kappa shape index (κ1) is 17.2. The van der Waals surface area contributed by atoms with E-state index >= 15 is 0 Å². The molecule has 4 nitrogen and oxygen atoms in total. The average molecular weight is 302 g/mol. The maximum absolute atomic E-state index is 10.7. The zero-order valence-electron chi connectivity index (χ0n) is 10.6. The molecular weight excluding hydrogens is 288 g/mol. The van der Waals surface area contributed by atoms with Crippen LogP contribution in [0.5, 0.6) is 0 Å². The standard InChI is InChI=1S/2C7H8O2.Fe/c2*1-9-7(8)6-4-2-3-5-6;/h2*2-5,8H,1H3;/p-2. The number of ether oxygens (including phenoxy) is 2. The quantitative estimate of drug-likeness (QED) is 0.555. The van der Waals surface area contributed by atoms with Crippen LogP contribution >= 0.6 is 0 Å². The second-order valence-corrected chi connectivity index (χ2v) is 3.33. The second-order valence-electron chi connectivity index (χ2n) is 3.33. The summed E-state index contributed by atoms with van der Waals surface area (Å²) < 4.78 is 8.91. The molecule has 0 aromatic rings. The number of hydrogen-bond donors (Lipinski definition) is 0. The second kappa shape index (κ2) is 9.14. The molecule has 0 aliphatic heterocycles. The number of hydrogen-bond acceptors (Lipinski definition) is 4. The van der Waals surface area contributed by atoms with Gasteiger partial charge in [0, 0.05) is 17.1 Å². The van der Waals surface area contributed by atoms with Crippen molar-refractivity contribution in [3.05, 3.63) is 71.6 Å². The van der Waals surface area contributed by atoms with Gasteiger partial charge >= 0.3 is 0 Å². The molecule has 104 valence electrons.